The average Bonchev–Trinajstić information content (AvgIpc) is 3.20. The molecule has 1 aromatic heterocycles. The molecule has 0 spiro atoms. The van der Waals surface area contributed by atoms with Crippen LogP contribution in [0.2, 0.25) is 5.02 Å². The lowest BCUT2D eigenvalue weighted by Crippen LogP contribution is -2.42. The van der Waals surface area contributed by atoms with Gasteiger partial charge in [-0.2, -0.15) is 0 Å². The average molecular weight is 404 g/mol. The molecule has 0 unspecified atom stereocenters. The summed E-state index contributed by atoms with van der Waals surface area (Å²) in [6.45, 7) is 3.93. The molecule has 1 amide bonds. The number of aromatic nitrogens is 1. The van der Waals surface area contributed by atoms with E-state index in [1.807, 2.05) is 12.1 Å². The molecule has 6 nitrogen and oxygen atoms in total. The lowest BCUT2D eigenvalue weighted by molar-refractivity contribution is 0.0441. The predicted molar refractivity (Wildman–Crippen MR) is 106 cm³/mol. The molecule has 0 radical (unpaired) electrons. The summed E-state index contributed by atoms with van der Waals surface area (Å²) in [5, 5.41) is 14.7. The van der Waals surface area contributed by atoms with Gasteiger partial charge >= 0.3 is 0 Å². The largest absolute Gasteiger partial charge is 0.391 e. The number of piperidine rings is 2. The molecular formula is C21H26ClN3O3. The van der Waals surface area contributed by atoms with E-state index in [-0.39, 0.29) is 11.7 Å². The van der Waals surface area contributed by atoms with Gasteiger partial charge in [-0.15, -0.1) is 0 Å². The summed E-state index contributed by atoms with van der Waals surface area (Å²) in [6.07, 6.45) is 3.12. The molecule has 1 aromatic carbocycles. The van der Waals surface area contributed by atoms with Crippen molar-refractivity contribution in [3.05, 3.63) is 52.4 Å². The zero-order valence-electron chi connectivity index (χ0n) is 15.9. The van der Waals surface area contributed by atoms with Gasteiger partial charge in [-0.3, -0.25) is 9.69 Å². The molecule has 7 heteroatoms. The van der Waals surface area contributed by atoms with Crippen LogP contribution in [-0.4, -0.2) is 58.3 Å². The summed E-state index contributed by atoms with van der Waals surface area (Å²) in [5.74, 6) is 0.434. The van der Waals surface area contributed by atoms with Gasteiger partial charge in [0.05, 0.1) is 11.8 Å². The number of hydrogen-bond donors (Lipinski definition) is 1. The number of hydrogen-bond acceptors (Lipinski definition) is 5. The van der Waals surface area contributed by atoms with E-state index in [0.29, 0.717) is 19.0 Å². The third kappa shape index (κ3) is 4.57. The first-order valence-electron chi connectivity index (χ1n) is 9.99. The molecule has 0 bridgehead atoms. The fourth-order valence-corrected chi connectivity index (χ4v) is 4.24. The summed E-state index contributed by atoms with van der Waals surface area (Å²) < 4.78 is 5.35. The highest BCUT2D eigenvalue weighted by molar-refractivity contribution is 6.30. The Hall–Kier alpha value is -1.89. The Morgan fingerprint density at radius 1 is 1.18 bits per heavy atom. The van der Waals surface area contributed by atoms with E-state index in [0.717, 1.165) is 56.0 Å². The van der Waals surface area contributed by atoms with Gasteiger partial charge in [0, 0.05) is 36.6 Å². The molecule has 3 heterocycles. The van der Waals surface area contributed by atoms with Crippen molar-refractivity contribution in [3.63, 3.8) is 0 Å². The van der Waals surface area contributed by atoms with Crippen LogP contribution in [-0.2, 0) is 6.54 Å². The van der Waals surface area contributed by atoms with Crippen molar-refractivity contribution in [2.75, 3.05) is 26.2 Å². The van der Waals surface area contributed by atoms with Gasteiger partial charge in [-0.25, -0.2) is 0 Å². The van der Waals surface area contributed by atoms with Crippen LogP contribution in [0.15, 0.2) is 34.9 Å². The van der Waals surface area contributed by atoms with E-state index in [9.17, 15) is 9.90 Å². The minimum absolute atomic E-state index is 0.169. The second kappa shape index (κ2) is 8.64. The first-order chi connectivity index (χ1) is 13.6. The highest BCUT2D eigenvalue weighted by Gasteiger charge is 2.28. The van der Waals surface area contributed by atoms with Crippen molar-refractivity contribution in [1.29, 1.82) is 0 Å². The highest BCUT2D eigenvalue weighted by Crippen LogP contribution is 2.29. The topological polar surface area (TPSA) is 69.8 Å². The number of aliphatic hydroxyl groups is 1. The summed E-state index contributed by atoms with van der Waals surface area (Å²) >= 11 is 5.95. The zero-order chi connectivity index (χ0) is 19.5. The van der Waals surface area contributed by atoms with Gasteiger partial charge in [0.1, 0.15) is 0 Å². The Morgan fingerprint density at radius 2 is 1.93 bits per heavy atom. The maximum atomic E-state index is 12.6. The first kappa shape index (κ1) is 19.4. The minimum Gasteiger partial charge on any atom is -0.391 e. The lowest BCUT2D eigenvalue weighted by Gasteiger charge is -2.31. The van der Waals surface area contributed by atoms with Crippen molar-refractivity contribution in [3.8, 4) is 0 Å². The van der Waals surface area contributed by atoms with E-state index in [1.54, 1.807) is 11.0 Å². The van der Waals surface area contributed by atoms with Crippen molar-refractivity contribution >= 4 is 17.5 Å². The second-order valence-corrected chi connectivity index (χ2v) is 8.28. The highest BCUT2D eigenvalue weighted by atomic mass is 35.5. The van der Waals surface area contributed by atoms with E-state index in [1.165, 1.54) is 5.56 Å². The molecule has 2 aliphatic heterocycles. The van der Waals surface area contributed by atoms with Gasteiger partial charge in [0.15, 0.2) is 0 Å². The number of β-amino-alcohol motifs (C(OH)–C–C–N with tert-alkyl or cyclic N) is 1. The van der Waals surface area contributed by atoms with Crippen LogP contribution in [0.25, 0.3) is 0 Å². The van der Waals surface area contributed by atoms with Crippen LogP contribution in [0.4, 0.5) is 0 Å². The van der Waals surface area contributed by atoms with Gasteiger partial charge in [-0.05, 0) is 56.5 Å². The summed E-state index contributed by atoms with van der Waals surface area (Å²) in [4.78, 5) is 16.7. The van der Waals surface area contributed by atoms with Gasteiger partial charge in [0.2, 0.25) is 5.76 Å². The number of benzene rings is 1. The van der Waals surface area contributed by atoms with E-state index in [2.05, 4.69) is 22.2 Å². The van der Waals surface area contributed by atoms with E-state index in [4.69, 9.17) is 16.1 Å². The number of carbonyl (C=O) groups excluding carboxylic acids is 1. The number of carbonyl (C=O) groups is 1. The molecule has 1 N–H and O–H groups in total. The maximum absolute atomic E-state index is 12.6. The molecule has 0 saturated carbocycles. The maximum Gasteiger partial charge on any atom is 0.292 e. The molecule has 2 aliphatic rings. The smallest absolute Gasteiger partial charge is 0.292 e. The van der Waals surface area contributed by atoms with Gasteiger partial charge in [0.25, 0.3) is 5.91 Å². The van der Waals surface area contributed by atoms with Crippen LogP contribution in [0.5, 0.6) is 0 Å². The molecule has 2 fully saturated rings. The number of halogens is 1. The third-order valence-corrected chi connectivity index (χ3v) is 6.00. The predicted octanol–water partition coefficient (Wildman–Crippen LogP) is 3.30. The van der Waals surface area contributed by atoms with E-state index >= 15 is 0 Å². The quantitative estimate of drug-likeness (QED) is 0.848. The van der Waals surface area contributed by atoms with Crippen LogP contribution < -0.4 is 0 Å². The van der Waals surface area contributed by atoms with Crippen LogP contribution >= 0.6 is 11.6 Å². The summed E-state index contributed by atoms with van der Waals surface area (Å²) in [5.41, 5.74) is 2.13. The number of likely N-dealkylation sites (tertiary alicyclic amines) is 2. The van der Waals surface area contributed by atoms with Gasteiger partial charge in [-0.1, -0.05) is 28.9 Å². The molecule has 2 aromatic rings. The zero-order valence-corrected chi connectivity index (χ0v) is 16.6. The number of nitrogens with zero attached hydrogens (tertiary/aromatic N) is 3. The van der Waals surface area contributed by atoms with E-state index < -0.39 is 6.10 Å². The Balaban J connectivity index is 1.31. The standard InChI is InChI=1S/C21H26ClN3O3/c22-17-5-3-15(4-6-17)13-24-10-7-16(8-11-24)19-12-20(28-23-19)21(27)25-9-1-2-18(26)14-25/h3-6,12,16,18,26H,1-2,7-11,13-14H2/t18-/m1/s1. The Kier molecular flexibility index (Phi) is 5.99. The van der Waals surface area contributed by atoms with Crippen molar-refractivity contribution in [2.24, 2.45) is 0 Å². The monoisotopic (exact) mass is 403 g/mol. The Labute approximate surface area is 170 Å². The fraction of sp³-hybridized carbons (Fsp3) is 0.524. The SMILES string of the molecule is O=C(c1cc(C2CCN(Cc3ccc(Cl)cc3)CC2)no1)N1CCC[C@@H](O)C1. The molecule has 150 valence electrons. The summed E-state index contributed by atoms with van der Waals surface area (Å²) in [6, 6.07) is 9.80. The van der Waals surface area contributed by atoms with Gasteiger partial charge < -0.3 is 14.5 Å². The Bertz CT molecular complexity index is 799. The molecule has 4 rings (SSSR count). The number of aliphatic hydroxyl groups excluding tert-OH is 1. The normalized spacial score (nSPS) is 21.8. The number of amides is 1. The molecule has 0 aliphatic carbocycles. The number of rotatable bonds is 4. The third-order valence-electron chi connectivity index (χ3n) is 5.75. The first-order valence-corrected chi connectivity index (χ1v) is 10.4. The lowest BCUT2D eigenvalue weighted by atomic mass is 9.93. The summed E-state index contributed by atoms with van der Waals surface area (Å²) in [7, 11) is 0. The molecule has 2 saturated heterocycles. The molecule has 1 atom stereocenters. The molecule has 28 heavy (non-hydrogen) atoms. The van der Waals surface area contributed by atoms with Crippen molar-refractivity contribution in [2.45, 2.75) is 44.2 Å². The minimum atomic E-state index is -0.440. The van der Waals surface area contributed by atoms with Crippen molar-refractivity contribution in [1.82, 2.24) is 15.0 Å². The fourth-order valence-electron chi connectivity index (χ4n) is 4.11. The Morgan fingerprint density at radius 3 is 2.64 bits per heavy atom. The van der Waals surface area contributed by atoms with Crippen LogP contribution in [0.3, 0.4) is 0 Å². The molecular weight excluding hydrogens is 378 g/mol. The van der Waals surface area contributed by atoms with Crippen LogP contribution in [0.1, 0.15) is 53.4 Å². The van der Waals surface area contributed by atoms with Crippen LogP contribution in [0, 0.1) is 0 Å². The second-order valence-electron chi connectivity index (χ2n) is 7.84. The van der Waals surface area contributed by atoms with Crippen molar-refractivity contribution < 1.29 is 14.4 Å².